The zero-order valence-corrected chi connectivity index (χ0v) is 18.3. The Morgan fingerprint density at radius 2 is 1.69 bits per heavy atom. The highest BCUT2D eigenvalue weighted by Crippen LogP contribution is 2.30. The first kappa shape index (κ1) is 20.9. The molecule has 4 heterocycles. The zero-order chi connectivity index (χ0) is 22.1. The van der Waals surface area contributed by atoms with E-state index in [1.807, 2.05) is 0 Å². The second-order valence-electron chi connectivity index (χ2n) is 8.12. The maximum absolute atomic E-state index is 12.9. The fourth-order valence-electron chi connectivity index (χ4n) is 4.26. The van der Waals surface area contributed by atoms with Crippen LogP contribution < -0.4 is 0 Å². The fraction of sp³-hybridized carbons (Fsp3) is 0.409. The molecule has 10 heteroatoms. The van der Waals surface area contributed by atoms with Crippen LogP contribution in [0.1, 0.15) is 47.8 Å². The molecule has 0 bridgehead atoms. The van der Waals surface area contributed by atoms with E-state index in [1.165, 1.54) is 16.4 Å². The van der Waals surface area contributed by atoms with Gasteiger partial charge in [-0.25, -0.2) is 8.42 Å². The van der Waals surface area contributed by atoms with Crippen LogP contribution in [0.25, 0.3) is 11.7 Å². The van der Waals surface area contributed by atoms with Gasteiger partial charge in [0.25, 0.3) is 11.8 Å². The Hall–Kier alpha value is -2.98. The fourth-order valence-corrected chi connectivity index (χ4v) is 5.78. The van der Waals surface area contributed by atoms with E-state index in [0.29, 0.717) is 62.1 Å². The predicted molar refractivity (Wildman–Crippen MR) is 114 cm³/mol. The number of piperidine rings is 1. The lowest BCUT2D eigenvalue weighted by atomic mass is 9.96. The number of likely N-dealkylation sites (tertiary alicyclic amines) is 1. The Kier molecular flexibility index (Phi) is 5.56. The largest absolute Gasteiger partial charge is 0.459 e. The van der Waals surface area contributed by atoms with Gasteiger partial charge in [0.05, 0.1) is 11.2 Å². The lowest BCUT2D eigenvalue weighted by Crippen LogP contribution is -2.38. The van der Waals surface area contributed by atoms with Gasteiger partial charge in [-0.15, -0.1) is 10.2 Å². The third-order valence-corrected chi connectivity index (χ3v) is 8.02. The molecule has 2 aliphatic rings. The van der Waals surface area contributed by atoms with Gasteiger partial charge in [0.1, 0.15) is 0 Å². The zero-order valence-electron chi connectivity index (χ0n) is 17.5. The van der Waals surface area contributed by atoms with Crippen molar-refractivity contribution in [2.24, 2.45) is 0 Å². The summed E-state index contributed by atoms with van der Waals surface area (Å²) in [7, 11) is -3.48. The van der Waals surface area contributed by atoms with Gasteiger partial charge in [-0.3, -0.25) is 4.79 Å². The molecule has 3 aromatic rings. The van der Waals surface area contributed by atoms with Gasteiger partial charge in [0.15, 0.2) is 5.76 Å². The van der Waals surface area contributed by atoms with Crippen molar-refractivity contribution in [3.8, 4) is 11.7 Å². The first-order valence-corrected chi connectivity index (χ1v) is 12.2. The summed E-state index contributed by atoms with van der Waals surface area (Å²) in [6, 6.07) is 9.79. The molecule has 168 valence electrons. The van der Waals surface area contributed by atoms with Crippen molar-refractivity contribution in [3.05, 3.63) is 54.1 Å². The maximum Gasteiger partial charge on any atom is 0.283 e. The summed E-state index contributed by atoms with van der Waals surface area (Å²) in [5.74, 6) is 1.43. The van der Waals surface area contributed by atoms with Crippen molar-refractivity contribution in [2.45, 2.75) is 36.5 Å². The normalized spacial score (nSPS) is 18.3. The number of benzene rings is 1. The summed E-state index contributed by atoms with van der Waals surface area (Å²) in [4.78, 5) is 14.9. The van der Waals surface area contributed by atoms with Crippen molar-refractivity contribution in [2.75, 3.05) is 26.2 Å². The molecular weight excluding hydrogens is 432 g/mol. The van der Waals surface area contributed by atoms with Crippen LogP contribution in [-0.4, -0.2) is 59.9 Å². The first-order chi connectivity index (χ1) is 15.5. The molecule has 2 aromatic heterocycles. The number of rotatable bonds is 5. The molecule has 0 atom stereocenters. The number of hydrogen-bond acceptors (Lipinski definition) is 7. The number of nitrogens with zero attached hydrogens (tertiary/aromatic N) is 4. The molecule has 0 unspecified atom stereocenters. The van der Waals surface area contributed by atoms with Crippen LogP contribution in [0.5, 0.6) is 0 Å². The average molecular weight is 457 g/mol. The van der Waals surface area contributed by atoms with Gasteiger partial charge in [-0.1, -0.05) is 0 Å². The van der Waals surface area contributed by atoms with Crippen LogP contribution in [0, 0.1) is 0 Å². The van der Waals surface area contributed by atoms with Crippen molar-refractivity contribution in [1.82, 2.24) is 19.4 Å². The van der Waals surface area contributed by atoms with Crippen molar-refractivity contribution < 1.29 is 22.0 Å². The molecule has 5 rings (SSSR count). The number of hydrogen-bond donors (Lipinski definition) is 0. The third kappa shape index (κ3) is 3.95. The van der Waals surface area contributed by atoms with Crippen molar-refractivity contribution >= 4 is 15.9 Å². The lowest BCUT2D eigenvalue weighted by Gasteiger charge is -2.30. The molecular formula is C22H24N4O5S. The van der Waals surface area contributed by atoms with E-state index in [0.717, 1.165) is 12.8 Å². The number of amides is 1. The van der Waals surface area contributed by atoms with Gasteiger partial charge in [0.2, 0.25) is 15.9 Å². The number of carbonyl (C=O) groups excluding carboxylic acids is 1. The molecule has 2 fully saturated rings. The van der Waals surface area contributed by atoms with Gasteiger partial charge in [-0.05, 0) is 62.1 Å². The van der Waals surface area contributed by atoms with E-state index in [1.54, 1.807) is 35.4 Å². The highest BCUT2D eigenvalue weighted by Gasteiger charge is 2.30. The quantitative estimate of drug-likeness (QED) is 0.580. The highest BCUT2D eigenvalue weighted by molar-refractivity contribution is 7.89. The monoisotopic (exact) mass is 456 g/mol. The molecule has 2 aliphatic heterocycles. The molecule has 0 aliphatic carbocycles. The smallest absolute Gasteiger partial charge is 0.283 e. The first-order valence-electron chi connectivity index (χ1n) is 10.8. The number of furan rings is 1. The van der Waals surface area contributed by atoms with Crippen molar-refractivity contribution in [3.63, 3.8) is 0 Å². The molecule has 32 heavy (non-hydrogen) atoms. The van der Waals surface area contributed by atoms with Crippen LogP contribution in [0.3, 0.4) is 0 Å². The van der Waals surface area contributed by atoms with Gasteiger partial charge >= 0.3 is 0 Å². The van der Waals surface area contributed by atoms with Gasteiger partial charge in [-0.2, -0.15) is 4.31 Å². The van der Waals surface area contributed by atoms with Crippen LogP contribution in [0.4, 0.5) is 0 Å². The lowest BCUT2D eigenvalue weighted by molar-refractivity contribution is 0.0706. The molecule has 0 spiro atoms. The minimum absolute atomic E-state index is 0.0863. The van der Waals surface area contributed by atoms with Crippen LogP contribution in [-0.2, 0) is 10.0 Å². The molecule has 0 saturated carbocycles. The number of carbonyl (C=O) groups is 1. The summed E-state index contributed by atoms with van der Waals surface area (Å²) >= 11 is 0. The SMILES string of the molecule is O=C(c1ccc(S(=O)(=O)N2CCCC2)cc1)N1CCC(c2nnc(-c3ccco3)o2)CC1. The molecule has 0 radical (unpaired) electrons. The van der Waals surface area contributed by atoms with E-state index in [9.17, 15) is 13.2 Å². The predicted octanol–water partition coefficient (Wildman–Crippen LogP) is 3.13. The van der Waals surface area contributed by atoms with Crippen LogP contribution >= 0.6 is 0 Å². The number of aromatic nitrogens is 2. The van der Waals surface area contributed by atoms with E-state index >= 15 is 0 Å². The minimum atomic E-state index is -3.48. The maximum atomic E-state index is 12.9. The van der Waals surface area contributed by atoms with E-state index in [4.69, 9.17) is 8.83 Å². The Balaban J connectivity index is 1.21. The standard InChI is InChI=1S/C22H24N4O5S/c27-22(17-5-7-18(8-6-17)32(28,29)26-11-1-2-12-26)25-13-9-16(10-14-25)20-23-24-21(31-20)19-4-3-15-30-19/h3-8,15-16H,1-2,9-14H2. The molecule has 1 aromatic carbocycles. The van der Waals surface area contributed by atoms with Gasteiger partial charge < -0.3 is 13.7 Å². The van der Waals surface area contributed by atoms with E-state index < -0.39 is 10.0 Å². The summed E-state index contributed by atoms with van der Waals surface area (Å²) in [5, 5.41) is 8.20. The molecule has 1 amide bonds. The second kappa shape index (κ2) is 8.51. The molecule has 9 nitrogen and oxygen atoms in total. The summed E-state index contributed by atoms with van der Waals surface area (Å²) in [6.07, 6.45) is 4.76. The Morgan fingerprint density at radius 1 is 0.969 bits per heavy atom. The third-order valence-electron chi connectivity index (χ3n) is 6.11. The Bertz CT molecular complexity index is 1170. The van der Waals surface area contributed by atoms with Crippen molar-refractivity contribution in [1.29, 1.82) is 0 Å². The number of sulfonamides is 1. The van der Waals surface area contributed by atoms with Crippen LogP contribution in [0.2, 0.25) is 0 Å². The Morgan fingerprint density at radius 3 is 2.34 bits per heavy atom. The van der Waals surface area contributed by atoms with Gasteiger partial charge in [0, 0.05) is 37.7 Å². The van der Waals surface area contributed by atoms with E-state index in [-0.39, 0.29) is 16.7 Å². The summed E-state index contributed by atoms with van der Waals surface area (Å²) in [6.45, 7) is 2.24. The summed E-state index contributed by atoms with van der Waals surface area (Å²) < 4.78 is 37.9. The minimum Gasteiger partial charge on any atom is -0.459 e. The highest BCUT2D eigenvalue weighted by atomic mass is 32.2. The average Bonchev–Trinajstić information content (AvgIpc) is 3.60. The summed E-state index contributed by atoms with van der Waals surface area (Å²) in [5.41, 5.74) is 0.488. The second-order valence-corrected chi connectivity index (χ2v) is 10.1. The molecule has 2 saturated heterocycles. The molecule has 0 N–H and O–H groups in total. The Labute approximate surface area is 186 Å². The topological polar surface area (TPSA) is 110 Å². The van der Waals surface area contributed by atoms with Crippen LogP contribution in [0.15, 0.2) is 56.4 Å². The van der Waals surface area contributed by atoms with E-state index in [2.05, 4.69) is 10.2 Å².